The molecule has 0 aliphatic rings. The predicted molar refractivity (Wildman–Crippen MR) is 112 cm³/mol. The number of carbonyl (C=O) groups is 1. The minimum atomic E-state index is -0.321. The van der Waals surface area contributed by atoms with Gasteiger partial charge in [0.05, 0.1) is 12.1 Å². The number of nitrogens with zero attached hydrogens (tertiary/aromatic N) is 4. The molecular formula is C21H27FN6O. The summed E-state index contributed by atoms with van der Waals surface area (Å²) in [5.74, 6) is 0.709. The summed E-state index contributed by atoms with van der Waals surface area (Å²) in [6.07, 6.45) is 1.45. The first kappa shape index (κ1) is 22.1. The van der Waals surface area contributed by atoms with Gasteiger partial charge in [-0.15, -0.1) is 0 Å². The average molecular weight is 398 g/mol. The maximum Gasteiger partial charge on any atom is 0.214 e. The van der Waals surface area contributed by atoms with Gasteiger partial charge in [-0.2, -0.15) is 5.26 Å². The van der Waals surface area contributed by atoms with Crippen LogP contribution in [0, 0.1) is 24.1 Å². The third-order valence-corrected chi connectivity index (χ3v) is 4.77. The Hall–Kier alpha value is -3.18. The van der Waals surface area contributed by atoms with Crippen LogP contribution in [0.4, 0.5) is 10.2 Å². The zero-order valence-electron chi connectivity index (χ0n) is 17.2. The number of nitrogens with one attached hydrogen (secondary N) is 1. The first-order valence-corrected chi connectivity index (χ1v) is 9.38. The zero-order chi connectivity index (χ0) is 21.6. The van der Waals surface area contributed by atoms with Crippen molar-refractivity contribution in [3.8, 4) is 6.07 Å². The van der Waals surface area contributed by atoms with Gasteiger partial charge >= 0.3 is 0 Å². The molecule has 0 spiro atoms. The summed E-state index contributed by atoms with van der Waals surface area (Å²) in [6.45, 7) is 4.69. The van der Waals surface area contributed by atoms with Crippen LogP contribution in [0.5, 0.6) is 0 Å². The van der Waals surface area contributed by atoms with Crippen molar-refractivity contribution in [1.29, 1.82) is 5.26 Å². The zero-order valence-corrected chi connectivity index (χ0v) is 17.2. The molecule has 3 N–H and O–H groups in total. The van der Waals surface area contributed by atoms with E-state index >= 15 is 0 Å². The number of halogens is 1. The normalized spacial score (nSPS) is 12.4. The molecule has 1 atom stereocenters. The summed E-state index contributed by atoms with van der Waals surface area (Å²) in [5, 5.41) is 9.31. The highest BCUT2D eigenvalue weighted by atomic mass is 19.1. The number of amidine groups is 1. The van der Waals surface area contributed by atoms with Crippen molar-refractivity contribution in [1.82, 2.24) is 9.88 Å². The highest BCUT2D eigenvalue weighted by Crippen LogP contribution is 2.22. The maximum absolute atomic E-state index is 13.7. The van der Waals surface area contributed by atoms with E-state index in [-0.39, 0.29) is 18.4 Å². The molecule has 154 valence electrons. The first-order valence-electron chi connectivity index (χ1n) is 9.38. The van der Waals surface area contributed by atoms with Gasteiger partial charge in [0.1, 0.15) is 29.2 Å². The molecule has 0 aliphatic carbocycles. The lowest BCUT2D eigenvalue weighted by atomic mass is 10.1. The van der Waals surface area contributed by atoms with Gasteiger partial charge in [-0.3, -0.25) is 9.79 Å². The van der Waals surface area contributed by atoms with E-state index in [1.807, 2.05) is 25.8 Å². The van der Waals surface area contributed by atoms with Crippen molar-refractivity contribution in [3.05, 3.63) is 52.5 Å². The van der Waals surface area contributed by atoms with Crippen LogP contribution >= 0.6 is 0 Å². The second-order valence-corrected chi connectivity index (χ2v) is 7.03. The van der Waals surface area contributed by atoms with E-state index in [1.165, 1.54) is 17.0 Å². The Balaban J connectivity index is 2.53. The SMILES string of the molecule is CC[C@@H](N)CN(C)C(=NCc1cc(F)ccc1C)c1cc(C#N)[nH]c1N(C)C=O. The largest absolute Gasteiger partial charge is 0.358 e. The van der Waals surface area contributed by atoms with Crippen LogP contribution in [0.1, 0.15) is 35.7 Å². The topological polar surface area (TPSA) is 102 Å². The van der Waals surface area contributed by atoms with Gasteiger partial charge in [0.2, 0.25) is 6.41 Å². The average Bonchev–Trinajstić information content (AvgIpc) is 3.14. The van der Waals surface area contributed by atoms with Crippen molar-refractivity contribution in [2.75, 3.05) is 25.5 Å². The predicted octanol–water partition coefficient (Wildman–Crippen LogP) is 2.54. The molecular weight excluding hydrogens is 371 g/mol. The molecule has 0 bridgehead atoms. The van der Waals surface area contributed by atoms with E-state index in [0.717, 1.165) is 17.5 Å². The Bertz CT molecular complexity index is 930. The van der Waals surface area contributed by atoms with Crippen molar-refractivity contribution < 1.29 is 9.18 Å². The summed E-state index contributed by atoms with van der Waals surface area (Å²) >= 11 is 0. The number of hydrogen-bond acceptors (Lipinski definition) is 4. The quantitative estimate of drug-likeness (QED) is 0.405. The van der Waals surface area contributed by atoms with Crippen molar-refractivity contribution >= 4 is 18.1 Å². The molecule has 2 aromatic rings. The molecule has 1 heterocycles. The Morgan fingerprint density at radius 3 is 2.76 bits per heavy atom. The van der Waals surface area contributed by atoms with E-state index < -0.39 is 0 Å². The second-order valence-electron chi connectivity index (χ2n) is 7.03. The molecule has 0 aliphatic heterocycles. The van der Waals surface area contributed by atoms with Gasteiger partial charge in [0, 0.05) is 26.7 Å². The molecule has 1 aromatic carbocycles. The lowest BCUT2D eigenvalue weighted by Gasteiger charge is -2.25. The first-order chi connectivity index (χ1) is 13.8. The highest BCUT2D eigenvalue weighted by molar-refractivity contribution is 6.04. The van der Waals surface area contributed by atoms with Crippen LogP contribution in [0.2, 0.25) is 0 Å². The third-order valence-electron chi connectivity index (χ3n) is 4.77. The molecule has 1 amide bonds. The fourth-order valence-electron chi connectivity index (χ4n) is 2.95. The summed E-state index contributed by atoms with van der Waals surface area (Å²) in [5.41, 5.74) is 8.73. The number of H-pyrrole nitrogens is 1. The Morgan fingerprint density at radius 2 is 2.14 bits per heavy atom. The number of aliphatic imine (C=N–C) groups is 1. The number of carbonyl (C=O) groups excluding carboxylic acids is 1. The Kier molecular flexibility index (Phi) is 7.51. The summed E-state index contributed by atoms with van der Waals surface area (Å²) < 4.78 is 13.7. The molecule has 0 fully saturated rings. The number of hydrogen-bond donors (Lipinski definition) is 2. The number of nitriles is 1. The number of nitrogens with two attached hydrogens (primary N) is 1. The van der Waals surface area contributed by atoms with E-state index in [2.05, 4.69) is 11.1 Å². The number of aromatic nitrogens is 1. The Labute approximate surface area is 170 Å². The molecule has 7 nitrogen and oxygen atoms in total. The summed E-state index contributed by atoms with van der Waals surface area (Å²) in [4.78, 5) is 22.3. The number of aromatic amines is 1. The van der Waals surface area contributed by atoms with Crippen molar-refractivity contribution in [3.63, 3.8) is 0 Å². The van der Waals surface area contributed by atoms with E-state index in [0.29, 0.717) is 35.9 Å². The molecule has 2 rings (SSSR count). The van der Waals surface area contributed by atoms with Gasteiger partial charge < -0.3 is 20.5 Å². The van der Waals surface area contributed by atoms with Crippen LogP contribution < -0.4 is 10.6 Å². The number of anilines is 1. The van der Waals surface area contributed by atoms with Gasteiger partial charge in [0.15, 0.2) is 0 Å². The fraction of sp³-hybridized carbons (Fsp3) is 0.381. The van der Waals surface area contributed by atoms with Gasteiger partial charge in [-0.05, 0) is 42.7 Å². The van der Waals surface area contributed by atoms with Crippen LogP contribution in [-0.2, 0) is 11.3 Å². The molecule has 0 unspecified atom stereocenters. The monoisotopic (exact) mass is 398 g/mol. The Morgan fingerprint density at radius 1 is 1.41 bits per heavy atom. The van der Waals surface area contributed by atoms with Crippen LogP contribution in [0.3, 0.4) is 0 Å². The summed E-state index contributed by atoms with van der Waals surface area (Å²) in [6, 6.07) is 8.24. The second kappa shape index (κ2) is 9.85. The molecule has 0 saturated carbocycles. The minimum Gasteiger partial charge on any atom is -0.358 e. The number of benzene rings is 1. The van der Waals surface area contributed by atoms with E-state index in [4.69, 9.17) is 10.7 Å². The number of rotatable bonds is 8. The molecule has 29 heavy (non-hydrogen) atoms. The third kappa shape index (κ3) is 5.42. The molecule has 0 radical (unpaired) electrons. The van der Waals surface area contributed by atoms with Crippen LogP contribution in [0.15, 0.2) is 29.3 Å². The lowest BCUT2D eigenvalue weighted by molar-refractivity contribution is -0.107. The maximum atomic E-state index is 13.7. The number of amides is 1. The van der Waals surface area contributed by atoms with Gasteiger partial charge in [-0.1, -0.05) is 13.0 Å². The molecule has 0 saturated heterocycles. The molecule has 1 aromatic heterocycles. The smallest absolute Gasteiger partial charge is 0.214 e. The number of aryl methyl sites for hydroxylation is 1. The summed E-state index contributed by atoms with van der Waals surface area (Å²) in [7, 11) is 3.45. The number of likely N-dealkylation sites (N-methyl/N-ethyl adjacent to an activating group) is 1. The minimum absolute atomic E-state index is 0.0669. The van der Waals surface area contributed by atoms with Gasteiger partial charge in [0.25, 0.3) is 0 Å². The van der Waals surface area contributed by atoms with Gasteiger partial charge in [-0.25, -0.2) is 4.39 Å². The van der Waals surface area contributed by atoms with Crippen LogP contribution in [-0.4, -0.2) is 48.8 Å². The fourth-order valence-corrected chi connectivity index (χ4v) is 2.95. The van der Waals surface area contributed by atoms with E-state index in [9.17, 15) is 14.4 Å². The standard InChI is InChI=1S/C21H27FN6O/c1-5-17(24)12-27(3)20(25-11-15-8-16(22)7-6-14(15)2)19-9-18(10-23)26-21(19)28(4)13-29/h6-9,13,17,26H,5,11-12,24H2,1-4H3/t17-/m1/s1. The van der Waals surface area contributed by atoms with E-state index in [1.54, 1.807) is 19.2 Å². The van der Waals surface area contributed by atoms with Crippen molar-refractivity contribution in [2.45, 2.75) is 32.9 Å². The van der Waals surface area contributed by atoms with Crippen LogP contribution in [0.25, 0.3) is 0 Å². The highest BCUT2D eigenvalue weighted by Gasteiger charge is 2.21. The van der Waals surface area contributed by atoms with Crippen molar-refractivity contribution in [2.24, 2.45) is 10.7 Å². The molecule has 8 heteroatoms. The lowest BCUT2D eigenvalue weighted by Crippen LogP contribution is -2.39.